The highest BCUT2D eigenvalue weighted by molar-refractivity contribution is 5.84. The van der Waals surface area contributed by atoms with Gasteiger partial charge in [-0.25, -0.2) is 0 Å². The minimum atomic E-state index is -0.327. The third-order valence-electron chi connectivity index (χ3n) is 7.25. The summed E-state index contributed by atoms with van der Waals surface area (Å²) in [5, 5.41) is 0. The first kappa shape index (κ1) is 26.7. The molecule has 0 spiro atoms. The Kier molecular flexibility index (Phi) is 9.20. The summed E-state index contributed by atoms with van der Waals surface area (Å²) in [6.07, 6.45) is 0.636. The van der Waals surface area contributed by atoms with Gasteiger partial charge in [0.15, 0.2) is 0 Å². The zero-order chi connectivity index (χ0) is 26.2. The highest BCUT2D eigenvalue weighted by Crippen LogP contribution is 2.34. The lowest BCUT2D eigenvalue weighted by Crippen LogP contribution is -2.35. The van der Waals surface area contributed by atoms with E-state index in [-0.39, 0.29) is 18.1 Å². The van der Waals surface area contributed by atoms with Crippen LogP contribution >= 0.6 is 0 Å². The van der Waals surface area contributed by atoms with Gasteiger partial charge >= 0.3 is 0 Å². The van der Waals surface area contributed by atoms with E-state index in [1.54, 1.807) is 7.11 Å². The van der Waals surface area contributed by atoms with Crippen molar-refractivity contribution in [2.45, 2.75) is 39.1 Å². The molecule has 3 aromatic carbocycles. The molecule has 0 aliphatic carbocycles. The van der Waals surface area contributed by atoms with Gasteiger partial charge in [-0.05, 0) is 68.3 Å². The van der Waals surface area contributed by atoms with E-state index in [1.807, 2.05) is 54.4 Å². The summed E-state index contributed by atoms with van der Waals surface area (Å²) in [4.78, 5) is 20.2. The van der Waals surface area contributed by atoms with E-state index in [4.69, 9.17) is 9.47 Å². The molecule has 0 aromatic heterocycles. The van der Waals surface area contributed by atoms with Crippen LogP contribution in [0, 0.1) is 0 Å². The number of likely N-dealkylation sites (N-methyl/N-ethyl adjacent to an activating group) is 1. The quantitative estimate of drug-likeness (QED) is 0.344. The van der Waals surface area contributed by atoms with Gasteiger partial charge in [0.2, 0.25) is 5.91 Å². The summed E-state index contributed by atoms with van der Waals surface area (Å²) in [6.45, 7) is 7.75. The predicted molar refractivity (Wildman–Crippen MR) is 149 cm³/mol. The second-order valence-corrected chi connectivity index (χ2v) is 9.45. The Bertz CT molecular complexity index is 1110. The van der Waals surface area contributed by atoms with Crippen LogP contribution in [-0.2, 0) is 22.6 Å². The smallest absolute Gasteiger partial charge is 0.243 e. The average molecular weight is 502 g/mol. The lowest BCUT2D eigenvalue weighted by Gasteiger charge is -2.30. The van der Waals surface area contributed by atoms with Crippen molar-refractivity contribution in [1.82, 2.24) is 9.80 Å². The molecule has 0 unspecified atom stereocenters. The Morgan fingerprint density at radius 1 is 0.865 bits per heavy atom. The first-order chi connectivity index (χ1) is 18.0. The molecule has 1 aliphatic heterocycles. The molecule has 1 saturated heterocycles. The molecule has 1 fully saturated rings. The largest absolute Gasteiger partial charge is 0.497 e. The second-order valence-electron chi connectivity index (χ2n) is 9.45. The van der Waals surface area contributed by atoms with Crippen molar-refractivity contribution < 1.29 is 14.3 Å². The Hall–Kier alpha value is -3.35. The number of hydrogen-bond acceptors (Lipinski definition) is 5. The molecule has 6 heteroatoms. The Morgan fingerprint density at radius 2 is 1.54 bits per heavy atom. The molecular weight excluding hydrogens is 462 g/mol. The molecule has 37 heavy (non-hydrogen) atoms. The molecule has 1 heterocycles. The van der Waals surface area contributed by atoms with Crippen molar-refractivity contribution in [2.75, 3.05) is 45.3 Å². The number of ether oxygens (including phenoxy) is 2. The SMILES string of the molecule is CCN(CC)c1ccc([C@@H]2N(CCc3ccc(OC)cc3)C(=O)[C@H](COCc3ccccc3)N2C)cc1. The predicted octanol–water partition coefficient (Wildman–Crippen LogP) is 5.14. The summed E-state index contributed by atoms with van der Waals surface area (Å²) >= 11 is 0. The van der Waals surface area contributed by atoms with E-state index in [9.17, 15) is 4.79 Å². The van der Waals surface area contributed by atoms with E-state index in [0.29, 0.717) is 19.8 Å². The summed E-state index contributed by atoms with van der Waals surface area (Å²) in [5.74, 6) is 0.949. The summed E-state index contributed by atoms with van der Waals surface area (Å²) in [5.41, 5.74) is 4.60. The number of carbonyl (C=O) groups is 1. The number of rotatable bonds is 12. The maximum absolute atomic E-state index is 13.7. The van der Waals surface area contributed by atoms with E-state index in [0.717, 1.165) is 36.4 Å². The number of anilines is 1. The maximum Gasteiger partial charge on any atom is 0.243 e. The van der Waals surface area contributed by atoms with Crippen LogP contribution in [0.5, 0.6) is 5.75 Å². The van der Waals surface area contributed by atoms with Crippen LogP contribution in [0.1, 0.15) is 36.7 Å². The molecule has 0 saturated carbocycles. The number of carbonyl (C=O) groups excluding carboxylic acids is 1. The molecule has 196 valence electrons. The standard InChI is InChI=1S/C31H39N3O3/c1-5-33(6-2)27-16-14-26(15-17-27)30-32(3)29(23-37-22-25-10-8-7-9-11-25)31(35)34(30)21-20-24-12-18-28(36-4)19-13-24/h7-19,29-30H,5-6,20-23H2,1-4H3/t29-,30-/m0/s1. The maximum atomic E-state index is 13.7. The normalized spacial score (nSPS) is 17.8. The Labute approximate surface area is 221 Å². The minimum Gasteiger partial charge on any atom is -0.497 e. The first-order valence-electron chi connectivity index (χ1n) is 13.2. The number of methoxy groups -OCH3 is 1. The van der Waals surface area contributed by atoms with Crippen molar-refractivity contribution in [3.63, 3.8) is 0 Å². The first-order valence-corrected chi connectivity index (χ1v) is 13.2. The van der Waals surface area contributed by atoms with Gasteiger partial charge in [-0.15, -0.1) is 0 Å². The van der Waals surface area contributed by atoms with Crippen molar-refractivity contribution >= 4 is 11.6 Å². The number of benzene rings is 3. The third kappa shape index (κ3) is 6.32. The lowest BCUT2D eigenvalue weighted by molar-refractivity contribution is -0.131. The second kappa shape index (κ2) is 12.7. The molecule has 0 bridgehead atoms. The van der Waals surface area contributed by atoms with E-state index < -0.39 is 0 Å². The zero-order valence-electron chi connectivity index (χ0n) is 22.5. The number of amides is 1. The summed E-state index contributed by atoms with van der Waals surface area (Å²) < 4.78 is 11.3. The highest BCUT2D eigenvalue weighted by Gasteiger charge is 2.44. The van der Waals surface area contributed by atoms with Gasteiger partial charge in [0.25, 0.3) is 0 Å². The van der Waals surface area contributed by atoms with Crippen LogP contribution in [-0.4, -0.2) is 62.1 Å². The lowest BCUT2D eigenvalue weighted by atomic mass is 10.1. The number of nitrogens with zero attached hydrogens (tertiary/aromatic N) is 3. The molecular formula is C31H39N3O3. The fourth-order valence-electron chi connectivity index (χ4n) is 5.06. The van der Waals surface area contributed by atoms with Gasteiger partial charge in [-0.1, -0.05) is 54.6 Å². The van der Waals surface area contributed by atoms with Crippen molar-refractivity contribution in [3.05, 3.63) is 95.6 Å². The van der Waals surface area contributed by atoms with Crippen LogP contribution in [0.15, 0.2) is 78.9 Å². The Morgan fingerprint density at radius 3 is 2.16 bits per heavy atom. The van der Waals surface area contributed by atoms with Gasteiger partial charge < -0.3 is 19.3 Å². The van der Waals surface area contributed by atoms with Gasteiger partial charge in [0.05, 0.1) is 20.3 Å². The average Bonchev–Trinajstić information content (AvgIpc) is 3.18. The highest BCUT2D eigenvalue weighted by atomic mass is 16.5. The Balaban J connectivity index is 1.52. The van der Waals surface area contributed by atoms with Crippen molar-refractivity contribution in [3.8, 4) is 5.75 Å². The fourth-order valence-corrected chi connectivity index (χ4v) is 5.06. The molecule has 0 radical (unpaired) electrons. The van der Waals surface area contributed by atoms with Crippen LogP contribution in [0.3, 0.4) is 0 Å². The molecule has 1 amide bonds. The molecule has 4 rings (SSSR count). The third-order valence-corrected chi connectivity index (χ3v) is 7.25. The summed E-state index contributed by atoms with van der Waals surface area (Å²) in [6, 6.07) is 26.5. The zero-order valence-corrected chi connectivity index (χ0v) is 22.5. The fraction of sp³-hybridized carbons (Fsp3) is 0.387. The van der Waals surface area contributed by atoms with Crippen LogP contribution < -0.4 is 9.64 Å². The van der Waals surface area contributed by atoms with Gasteiger partial charge in [-0.3, -0.25) is 9.69 Å². The number of hydrogen-bond donors (Lipinski definition) is 0. The topological polar surface area (TPSA) is 45.3 Å². The summed E-state index contributed by atoms with van der Waals surface area (Å²) in [7, 11) is 3.70. The molecule has 0 N–H and O–H groups in total. The van der Waals surface area contributed by atoms with Gasteiger partial charge in [-0.2, -0.15) is 0 Å². The van der Waals surface area contributed by atoms with Crippen molar-refractivity contribution in [1.29, 1.82) is 0 Å². The van der Waals surface area contributed by atoms with E-state index >= 15 is 0 Å². The van der Waals surface area contributed by atoms with Gasteiger partial charge in [0.1, 0.15) is 18.0 Å². The monoisotopic (exact) mass is 501 g/mol. The molecule has 6 nitrogen and oxygen atoms in total. The van der Waals surface area contributed by atoms with E-state index in [1.165, 1.54) is 11.3 Å². The van der Waals surface area contributed by atoms with E-state index in [2.05, 4.69) is 60.0 Å². The molecule has 1 aliphatic rings. The van der Waals surface area contributed by atoms with Crippen LogP contribution in [0.4, 0.5) is 5.69 Å². The minimum absolute atomic E-state index is 0.113. The molecule has 3 aromatic rings. The van der Waals surface area contributed by atoms with Crippen LogP contribution in [0.25, 0.3) is 0 Å². The van der Waals surface area contributed by atoms with Crippen molar-refractivity contribution in [2.24, 2.45) is 0 Å². The van der Waals surface area contributed by atoms with Gasteiger partial charge in [0, 0.05) is 25.3 Å². The van der Waals surface area contributed by atoms with Crippen LogP contribution in [0.2, 0.25) is 0 Å². The molecule has 2 atom stereocenters.